The average molecular weight is 648 g/mol. The van der Waals surface area contributed by atoms with Gasteiger partial charge in [0.2, 0.25) is 0 Å². The molecule has 2 unspecified atom stereocenters. The second-order valence-corrected chi connectivity index (χ2v) is 11.0. The summed E-state index contributed by atoms with van der Waals surface area (Å²) in [4.78, 5) is 29.9. The lowest BCUT2D eigenvalue weighted by atomic mass is 10.0. The van der Waals surface area contributed by atoms with Crippen molar-refractivity contribution in [2.45, 2.75) is 26.1 Å². The molecule has 2 atom stereocenters. The summed E-state index contributed by atoms with van der Waals surface area (Å²) in [5, 5.41) is 17.9. The Kier molecular flexibility index (Phi) is 11.8. The quantitative estimate of drug-likeness (QED) is 0.0969. The zero-order valence-electron chi connectivity index (χ0n) is 26.7. The van der Waals surface area contributed by atoms with Crippen LogP contribution >= 0.6 is 0 Å². The van der Waals surface area contributed by atoms with E-state index in [0.29, 0.717) is 11.5 Å². The van der Waals surface area contributed by atoms with Crippen LogP contribution in [0.4, 0.5) is 0 Å². The number of benzene rings is 4. The zero-order valence-corrected chi connectivity index (χ0v) is 26.7. The van der Waals surface area contributed by atoms with Crippen LogP contribution in [0, 0.1) is 0 Å². The number of pyridine rings is 1. The van der Waals surface area contributed by atoms with Crippen molar-refractivity contribution in [1.29, 1.82) is 0 Å². The highest BCUT2D eigenvalue weighted by atomic mass is 16.5. The molecule has 0 aliphatic carbocycles. The molecule has 5 aromatic rings. The van der Waals surface area contributed by atoms with Gasteiger partial charge in [-0.3, -0.25) is 0 Å². The molecule has 48 heavy (non-hydrogen) atoms. The molecular weight excluding hydrogens is 610 g/mol. The summed E-state index contributed by atoms with van der Waals surface area (Å²) in [6, 6.07) is 34.5. The number of aromatic nitrogens is 1. The van der Waals surface area contributed by atoms with Gasteiger partial charge in [-0.1, -0.05) is 78.9 Å². The van der Waals surface area contributed by atoms with Gasteiger partial charge in [0.1, 0.15) is 22.9 Å². The molecule has 4 aromatic carbocycles. The van der Waals surface area contributed by atoms with Crippen molar-refractivity contribution in [2.75, 3.05) is 26.4 Å². The molecule has 9 heteroatoms. The third kappa shape index (κ3) is 8.99. The number of nitrogens with zero attached hydrogens (tertiary/aromatic N) is 1. The minimum absolute atomic E-state index is 0.0224. The summed E-state index contributed by atoms with van der Waals surface area (Å²) in [5.41, 5.74) is 5.79. The number of hydrogen-bond acceptors (Lipinski definition) is 9. The molecule has 0 bridgehead atoms. The Balaban J connectivity index is 1.16. The first-order chi connectivity index (χ1) is 23.3. The smallest absolute Gasteiger partial charge is 0.362 e. The van der Waals surface area contributed by atoms with Gasteiger partial charge in [-0.15, -0.1) is 0 Å². The topological polar surface area (TPSA) is 124 Å². The molecule has 1 heterocycles. The summed E-state index contributed by atoms with van der Waals surface area (Å²) >= 11 is 0. The fraction of sp³-hybridized carbons (Fsp3) is 0.205. The number of carbonyl (C=O) groups is 2. The van der Waals surface area contributed by atoms with E-state index in [1.807, 2.05) is 86.6 Å². The van der Waals surface area contributed by atoms with Crippen molar-refractivity contribution in [2.24, 2.45) is 0 Å². The molecule has 9 nitrogen and oxygen atoms in total. The highest BCUT2D eigenvalue weighted by Crippen LogP contribution is 2.27. The largest absolute Gasteiger partial charge is 0.422 e. The minimum atomic E-state index is -0.705. The van der Waals surface area contributed by atoms with Gasteiger partial charge >= 0.3 is 11.9 Å². The first-order valence-corrected chi connectivity index (χ1v) is 15.6. The normalized spacial score (nSPS) is 12.2. The van der Waals surface area contributed by atoms with Crippen molar-refractivity contribution < 1.29 is 38.7 Å². The Labute approximate surface area is 279 Å². The van der Waals surface area contributed by atoms with E-state index in [0.717, 1.165) is 33.4 Å². The lowest BCUT2D eigenvalue weighted by molar-refractivity contribution is 0.0385. The van der Waals surface area contributed by atoms with Crippen molar-refractivity contribution in [1.82, 2.24) is 4.98 Å². The number of hydrogen-bond donors (Lipinski definition) is 2. The number of aliphatic hydroxyl groups excluding tert-OH is 2. The van der Waals surface area contributed by atoms with E-state index in [1.54, 1.807) is 30.3 Å². The van der Waals surface area contributed by atoms with Crippen LogP contribution in [-0.4, -0.2) is 53.6 Å². The highest BCUT2D eigenvalue weighted by molar-refractivity contribution is 5.93. The van der Waals surface area contributed by atoms with Crippen LogP contribution in [0.3, 0.4) is 0 Å². The van der Waals surface area contributed by atoms with E-state index < -0.39 is 11.9 Å². The van der Waals surface area contributed by atoms with E-state index in [2.05, 4.69) is 4.98 Å². The number of ether oxygens (including phenoxy) is 4. The molecule has 0 fully saturated rings. The van der Waals surface area contributed by atoms with Crippen LogP contribution in [0.5, 0.6) is 11.5 Å². The summed E-state index contributed by atoms with van der Waals surface area (Å²) in [6.45, 7) is 4.38. The number of esters is 2. The van der Waals surface area contributed by atoms with Gasteiger partial charge in [0, 0.05) is 0 Å². The van der Waals surface area contributed by atoms with Gasteiger partial charge < -0.3 is 29.2 Å². The van der Waals surface area contributed by atoms with Gasteiger partial charge in [0.15, 0.2) is 0 Å². The van der Waals surface area contributed by atoms with Crippen LogP contribution in [0.1, 0.15) is 58.2 Å². The third-order valence-electron chi connectivity index (χ3n) is 7.64. The van der Waals surface area contributed by atoms with E-state index in [4.69, 9.17) is 29.2 Å². The molecule has 0 saturated carbocycles. The van der Waals surface area contributed by atoms with Crippen molar-refractivity contribution >= 4 is 11.9 Å². The molecule has 0 aliphatic rings. The average Bonchev–Trinajstić information content (AvgIpc) is 3.13. The fourth-order valence-electron chi connectivity index (χ4n) is 4.96. The van der Waals surface area contributed by atoms with Crippen LogP contribution in [0.2, 0.25) is 0 Å². The van der Waals surface area contributed by atoms with Gasteiger partial charge in [-0.2, -0.15) is 0 Å². The Bertz CT molecular complexity index is 1660. The first-order valence-electron chi connectivity index (χ1n) is 15.6. The summed E-state index contributed by atoms with van der Waals surface area (Å²) in [5.74, 6) is -0.743. The van der Waals surface area contributed by atoms with Crippen molar-refractivity contribution in [3.63, 3.8) is 0 Å². The third-order valence-corrected chi connectivity index (χ3v) is 7.64. The predicted octanol–water partition coefficient (Wildman–Crippen LogP) is 6.99. The summed E-state index contributed by atoms with van der Waals surface area (Å²) < 4.78 is 22.1. The van der Waals surface area contributed by atoms with Crippen LogP contribution < -0.4 is 9.47 Å². The molecular formula is C39H37NO8. The zero-order chi connectivity index (χ0) is 33.9. The molecule has 5 rings (SSSR count). The summed E-state index contributed by atoms with van der Waals surface area (Å²) in [7, 11) is 0. The minimum Gasteiger partial charge on any atom is -0.422 e. The fourth-order valence-corrected chi connectivity index (χ4v) is 4.96. The van der Waals surface area contributed by atoms with Gasteiger partial charge in [0.25, 0.3) is 0 Å². The maximum Gasteiger partial charge on any atom is 0.362 e. The maximum atomic E-state index is 12.9. The molecule has 0 spiro atoms. The van der Waals surface area contributed by atoms with Crippen LogP contribution in [0.15, 0.2) is 115 Å². The van der Waals surface area contributed by atoms with Gasteiger partial charge in [-0.05, 0) is 83.6 Å². The Morgan fingerprint density at radius 1 is 0.542 bits per heavy atom. The molecule has 0 saturated heterocycles. The van der Waals surface area contributed by atoms with Crippen LogP contribution in [-0.2, 0) is 9.47 Å². The first kappa shape index (κ1) is 34.2. The number of aliphatic hydroxyl groups is 2. The molecule has 0 amide bonds. The number of rotatable bonds is 14. The Morgan fingerprint density at radius 3 is 1.21 bits per heavy atom. The highest BCUT2D eigenvalue weighted by Gasteiger charge is 2.17. The number of carbonyl (C=O) groups excluding carboxylic acids is 2. The maximum absolute atomic E-state index is 12.9. The predicted molar refractivity (Wildman–Crippen MR) is 181 cm³/mol. The summed E-state index contributed by atoms with van der Waals surface area (Å²) in [6.07, 6.45) is -0.254. The second kappa shape index (κ2) is 16.6. The molecule has 1 aromatic heterocycles. The van der Waals surface area contributed by atoms with Crippen molar-refractivity contribution in [3.8, 4) is 33.8 Å². The van der Waals surface area contributed by atoms with E-state index in [-0.39, 0.29) is 50.0 Å². The monoisotopic (exact) mass is 647 g/mol. The Morgan fingerprint density at radius 2 is 0.875 bits per heavy atom. The Hall–Kier alpha value is -5.19. The van der Waals surface area contributed by atoms with E-state index in [1.165, 1.54) is 12.1 Å². The second-order valence-electron chi connectivity index (χ2n) is 11.0. The molecule has 2 N–H and O–H groups in total. The van der Waals surface area contributed by atoms with Crippen molar-refractivity contribution in [3.05, 3.63) is 138 Å². The van der Waals surface area contributed by atoms with E-state index in [9.17, 15) is 9.59 Å². The van der Waals surface area contributed by atoms with Gasteiger partial charge in [0.05, 0.1) is 38.6 Å². The molecule has 246 valence electrons. The molecule has 0 aliphatic heterocycles. The lowest BCUT2D eigenvalue weighted by Crippen LogP contribution is -2.15. The standard InChI is InChI=1S/C39H37NO8/c1-26(45-24-22-41)28-6-10-30(11-7-28)32-14-18-34(19-15-32)47-38(43)36-4-3-5-37(40-36)39(44)48-35-20-16-33(17-21-35)31-12-8-29(9-13-31)27(2)46-25-23-42/h3-21,26-27,41-42H,22-25H2,1-2H3. The van der Waals surface area contributed by atoms with Crippen LogP contribution in [0.25, 0.3) is 22.3 Å². The molecule has 0 radical (unpaired) electrons. The SMILES string of the molecule is CC(OCCO)c1ccc(-c2ccc(OC(=O)c3cccc(C(=O)Oc4ccc(-c5ccc(C(C)OCCO)cc5)cc4)n3)cc2)cc1. The lowest BCUT2D eigenvalue weighted by Gasteiger charge is -2.13. The van der Waals surface area contributed by atoms with E-state index >= 15 is 0 Å². The van der Waals surface area contributed by atoms with Gasteiger partial charge in [-0.25, -0.2) is 14.6 Å².